The van der Waals surface area contributed by atoms with Crippen molar-refractivity contribution < 1.29 is 22.7 Å². The number of amides is 1. The summed E-state index contributed by atoms with van der Waals surface area (Å²) < 4.78 is 40.7. The van der Waals surface area contributed by atoms with Crippen LogP contribution in [-0.2, 0) is 26.0 Å². The van der Waals surface area contributed by atoms with E-state index in [2.05, 4.69) is 16.6 Å². The van der Waals surface area contributed by atoms with Gasteiger partial charge in [0, 0.05) is 47.8 Å². The fraction of sp³-hybridized carbons (Fsp3) is 0.440. The molecule has 194 valence electrons. The van der Waals surface area contributed by atoms with E-state index in [1.807, 2.05) is 12.1 Å². The number of nitrogens with two attached hydrogens (primary N) is 1. The van der Waals surface area contributed by atoms with Crippen molar-refractivity contribution in [3.63, 3.8) is 0 Å². The predicted molar refractivity (Wildman–Crippen MR) is 141 cm³/mol. The molecule has 1 amide bonds. The van der Waals surface area contributed by atoms with Crippen LogP contribution in [0.5, 0.6) is 5.75 Å². The lowest BCUT2D eigenvalue weighted by Gasteiger charge is -2.33. The summed E-state index contributed by atoms with van der Waals surface area (Å²) in [5.41, 5.74) is 6.01. The van der Waals surface area contributed by atoms with E-state index in [9.17, 15) is 13.2 Å². The normalized spacial score (nSPS) is 15.8. The zero-order chi connectivity index (χ0) is 25.7. The van der Waals surface area contributed by atoms with E-state index in [1.54, 1.807) is 30.3 Å². The van der Waals surface area contributed by atoms with E-state index in [1.165, 1.54) is 23.5 Å². The first-order valence-electron chi connectivity index (χ1n) is 11.9. The first-order chi connectivity index (χ1) is 17.3. The Morgan fingerprint density at radius 1 is 1.22 bits per heavy atom. The highest BCUT2D eigenvalue weighted by Gasteiger charge is 2.31. The lowest BCUT2D eigenvalue weighted by molar-refractivity contribution is -0.134. The third-order valence-corrected chi connectivity index (χ3v) is 8.92. The fourth-order valence-electron chi connectivity index (χ4n) is 4.18. The number of aromatic nitrogens is 1. The molecule has 3 N–H and O–H groups in total. The van der Waals surface area contributed by atoms with Crippen molar-refractivity contribution in [2.45, 2.75) is 37.1 Å². The summed E-state index contributed by atoms with van der Waals surface area (Å²) >= 11 is 1.49. The summed E-state index contributed by atoms with van der Waals surface area (Å²) in [7, 11) is -2.38. The number of nitrogens with one attached hydrogen (secondary N) is 1. The molecule has 3 aromatic rings. The van der Waals surface area contributed by atoms with E-state index < -0.39 is 16.1 Å². The van der Waals surface area contributed by atoms with Gasteiger partial charge in [0.2, 0.25) is 15.9 Å². The van der Waals surface area contributed by atoms with Crippen molar-refractivity contribution in [2.24, 2.45) is 5.92 Å². The van der Waals surface area contributed by atoms with Gasteiger partial charge in [-0.25, -0.2) is 13.4 Å². The number of carbonyl (C=O) groups excluding carboxylic acids is 1. The highest BCUT2D eigenvalue weighted by atomic mass is 32.2. The van der Waals surface area contributed by atoms with Crippen LogP contribution in [0.3, 0.4) is 0 Å². The zero-order valence-electron chi connectivity index (χ0n) is 20.5. The molecule has 9 nitrogen and oxygen atoms in total. The molecule has 1 atom stereocenters. The molecule has 0 spiro atoms. The Kier molecular flexibility index (Phi) is 8.45. The van der Waals surface area contributed by atoms with Crippen molar-refractivity contribution in [2.75, 3.05) is 39.1 Å². The maximum atomic E-state index is 13.5. The molecule has 36 heavy (non-hydrogen) atoms. The topological polar surface area (TPSA) is 124 Å². The van der Waals surface area contributed by atoms with Gasteiger partial charge in [0.15, 0.2) is 0 Å². The smallest absolute Gasteiger partial charge is 0.241 e. The first kappa shape index (κ1) is 26.3. The van der Waals surface area contributed by atoms with Gasteiger partial charge in [-0.3, -0.25) is 4.79 Å². The Labute approximate surface area is 215 Å². The number of likely N-dealkylation sites (tertiary alicyclic amines) is 1. The van der Waals surface area contributed by atoms with Gasteiger partial charge in [0.1, 0.15) is 24.2 Å². The van der Waals surface area contributed by atoms with Crippen LogP contribution in [0, 0.1) is 5.92 Å². The van der Waals surface area contributed by atoms with Gasteiger partial charge >= 0.3 is 0 Å². The van der Waals surface area contributed by atoms with Gasteiger partial charge in [0.05, 0.1) is 11.5 Å². The summed E-state index contributed by atoms with van der Waals surface area (Å²) in [6, 6.07) is 8.94. The van der Waals surface area contributed by atoms with Crippen LogP contribution >= 0.6 is 11.3 Å². The molecule has 2 aromatic heterocycles. The Morgan fingerprint density at radius 3 is 2.61 bits per heavy atom. The molecule has 0 aliphatic carbocycles. The van der Waals surface area contributed by atoms with E-state index in [0.29, 0.717) is 43.8 Å². The van der Waals surface area contributed by atoms with Gasteiger partial charge in [-0.2, -0.15) is 4.72 Å². The zero-order valence-corrected chi connectivity index (χ0v) is 22.1. The van der Waals surface area contributed by atoms with E-state index in [-0.39, 0.29) is 17.2 Å². The molecule has 1 aliphatic heterocycles. The number of anilines is 1. The number of hydrogen-bond donors (Lipinski definition) is 2. The number of rotatable bonds is 10. The average molecular weight is 533 g/mol. The Hall–Kier alpha value is -2.73. The van der Waals surface area contributed by atoms with Crippen molar-refractivity contribution >= 4 is 43.2 Å². The first-order valence-corrected chi connectivity index (χ1v) is 14.2. The van der Waals surface area contributed by atoms with Crippen LogP contribution in [0.15, 0.2) is 47.5 Å². The molecule has 3 heterocycles. The summed E-state index contributed by atoms with van der Waals surface area (Å²) in [4.78, 5) is 20.4. The van der Waals surface area contributed by atoms with Crippen LogP contribution in [0.1, 0.15) is 24.6 Å². The Morgan fingerprint density at radius 2 is 1.94 bits per heavy atom. The Balaban J connectivity index is 1.56. The number of pyridine rings is 1. The lowest BCUT2D eigenvalue weighted by atomic mass is 9.98. The number of sulfonamides is 1. The van der Waals surface area contributed by atoms with E-state index >= 15 is 0 Å². The molecule has 0 saturated carbocycles. The Bertz CT molecular complexity index is 1290. The second-order valence-electron chi connectivity index (χ2n) is 9.02. The molecular weight excluding hydrogens is 500 g/mol. The molecule has 1 aliphatic rings. The van der Waals surface area contributed by atoms with Crippen LogP contribution < -0.4 is 15.2 Å². The molecular formula is C25H32N4O5S2. The number of hydrogen-bond acceptors (Lipinski definition) is 8. The van der Waals surface area contributed by atoms with Crippen LogP contribution in [0.25, 0.3) is 10.1 Å². The average Bonchev–Trinajstić information content (AvgIpc) is 3.28. The fourth-order valence-corrected chi connectivity index (χ4v) is 6.48. The van der Waals surface area contributed by atoms with Crippen molar-refractivity contribution in [1.29, 1.82) is 0 Å². The number of ether oxygens (including phenoxy) is 2. The maximum absolute atomic E-state index is 13.5. The maximum Gasteiger partial charge on any atom is 0.241 e. The highest BCUT2D eigenvalue weighted by Crippen LogP contribution is 2.30. The number of benzene rings is 1. The van der Waals surface area contributed by atoms with Gasteiger partial charge in [0.25, 0.3) is 0 Å². The summed E-state index contributed by atoms with van der Waals surface area (Å²) in [6.45, 7) is 4.20. The largest absolute Gasteiger partial charge is 0.491 e. The standard InChI is InChI=1S/C25H32N4O5S2/c1-17-8-11-29(12-9-17)25(30)22(16-19-15-21-23(35-19)7-10-27-24(21)26)28-36(31,32)20-5-3-18(4-6-20)34-14-13-33-2/h3-7,10,15,17,22,28H,8-9,11-14,16H2,1-2H3,(H2,26,27). The van der Waals surface area contributed by atoms with Gasteiger partial charge in [-0.1, -0.05) is 6.92 Å². The summed E-state index contributed by atoms with van der Waals surface area (Å²) in [5, 5.41) is 0.808. The number of methoxy groups -OCH3 is 1. The minimum atomic E-state index is -3.96. The van der Waals surface area contributed by atoms with Crippen LogP contribution in [-0.4, -0.2) is 63.7 Å². The van der Waals surface area contributed by atoms with Crippen LogP contribution in [0.4, 0.5) is 5.82 Å². The van der Waals surface area contributed by atoms with E-state index in [0.717, 1.165) is 27.8 Å². The lowest BCUT2D eigenvalue weighted by Crippen LogP contribution is -2.51. The third-order valence-electron chi connectivity index (χ3n) is 6.31. The van der Waals surface area contributed by atoms with Gasteiger partial charge in [-0.05, 0) is 55.2 Å². The monoisotopic (exact) mass is 532 g/mol. The summed E-state index contributed by atoms with van der Waals surface area (Å²) in [5.74, 6) is 1.29. The SMILES string of the molecule is COCCOc1ccc(S(=O)(=O)NC(Cc2cc3c(N)nccc3s2)C(=O)N2CCC(C)CC2)cc1. The second kappa shape index (κ2) is 11.5. The predicted octanol–water partition coefficient (Wildman–Crippen LogP) is 3.05. The van der Waals surface area contributed by atoms with Gasteiger partial charge in [-0.15, -0.1) is 11.3 Å². The van der Waals surface area contributed by atoms with Crippen LogP contribution in [0.2, 0.25) is 0 Å². The number of carbonyl (C=O) groups is 1. The quantitative estimate of drug-likeness (QED) is 0.385. The number of fused-ring (bicyclic) bond motifs is 1. The number of piperidine rings is 1. The van der Waals surface area contributed by atoms with Gasteiger partial charge < -0.3 is 20.1 Å². The molecule has 0 radical (unpaired) electrons. The van der Waals surface area contributed by atoms with Crippen molar-refractivity contribution in [3.05, 3.63) is 47.5 Å². The molecule has 1 fully saturated rings. The number of thiophene rings is 1. The minimum absolute atomic E-state index is 0.0662. The van der Waals surface area contributed by atoms with Crippen molar-refractivity contribution in [3.8, 4) is 5.75 Å². The molecule has 1 aromatic carbocycles. The second-order valence-corrected chi connectivity index (χ2v) is 11.9. The summed E-state index contributed by atoms with van der Waals surface area (Å²) in [6.07, 6.45) is 3.67. The number of nitrogen functional groups attached to an aromatic ring is 1. The van der Waals surface area contributed by atoms with Crippen molar-refractivity contribution in [1.82, 2.24) is 14.6 Å². The molecule has 1 unspecified atom stereocenters. The molecule has 0 bridgehead atoms. The molecule has 4 rings (SSSR count). The van der Waals surface area contributed by atoms with E-state index in [4.69, 9.17) is 15.2 Å². The number of nitrogens with zero attached hydrogens (tertiary/aromatic N) is 2. The third kappa shape index (κ3) is 6.33. The minimum Gasteiger partial charge on any atom is -0.491 e. The highest BCUT2D eigenvalue weighted by molar-refractivity contribution is 7.89. The molecule has 1 saturated heterocycles. The molecule has 11 heteroatoms.